The van der Waals surface area contributed by atoms with Crippen LogP contribution in [0.3, 0.4) is 0 Å². The molecule has 6 nitrogen and oxygen atoms in total. The molecule has 0 radical (unpaired) electrons. The fraction of sp³-hybridized carbons (Fsp3) is 0.556. The van der Waals surface area contributed by atoms with Crippen molar-refractivity contribution >= 4 is 17.7 Å². The summed E-state index contributed by atoms with van der Waals surface area (Å²) in [6.45, 7) is 10.6. The molecule has 1 heterocycles. The Hall–Kier alpha value is -2.08. The highest BCUT2D eigenvalue weighted by Gasteiger charge is 2.28. The molecule has 0 bridgehead atoms. The van der Waals surface area contributed by atoms with Crippen LogP contribution in [0.5, 0.6) is 0 Å². The van der Waals surface area contributed by atoms with E-state index in [-0.39, 0.29) is 18.0 Å². The highest BCUT2D eigenvalue weighted by molar-refractivity contribution is 5.95. The summed E-state index contributed by atoms with van der Waals surface area (Å²) < 4.78 is 5.02. The summed E-state index contributed by atoms with van der Waals surface area (Å²) in [6, 6.07) is 5.73. The molecular weight excluding hydrogens is 306 g/mol. The van der Waals surface area contributed by atoms with Crippen LogP contribution in [-0.2, 0) is 9.53 Å². The fourth-order valence-corrected chi connectivity index (χ4v) is 2.91. The van der Waals surface area contributed by atoms with Crippen LogP contribution in [-0.4, -0.2) is 60.6 Å². The van der Waals surface area contributed by atoms with Gasteiger partial charge in [-0.15, -0.1) is 0 Å². The monoisotopic (exact) mass is 333 g/mol. The van der Waals surface area contributed by atoms with Crippen molar-refractivity contribution in [2.75, 3.05) is 38.1 Å². The van der Waals surface area contributed by atoms with Crippen LogP contribution in [0.15, 0.2) is 18.2 Å². The number of rotatable bonds is 4. The van der Waals surface area contributed by atoms with E-state index in [2.05, 4.69) is 10.2 Å². The molecular formula is C18H27N3O3. The van der Waals surface area contributed by atoms with E-state index in [4.69, 9.17) is 4.74 Å². The van der Waals surface area contributed by atoms with Gasteiger partial charge in [0.05, 0.1) is 12.6 Å². The van der Waals surface area contributed by atoms with Crippen molar-refractivity contribution < 1.29 is 14.3 Å². The summed E-state index contributed by atoms with van der Waals surface area (Å²) in [7, 11) is 0. The number of carbonyl (C=O) groups is 2. The Balaban J connectivity index is 1.92. The van der Waals surface area contributed by atoms with Gasteiger partial charge < -0.3 is 15.0 Å². The average Bonchev–Trinajstić information content (AvgIpc) is 2.58. The summed E-state index contributed by atoms with van der Waals surface area (Å²) in [4.78, 5) is 28.1. The maximum Gasteiger partial charge on any atom is 0.409 e. The number of amides is 2. The van der Waals surface area contributed by atoms with Crippen LogP contribution in [0.4, 0.5) is 10.5 Å². The molecule has 2 amide bonds. The first-order valence-corrected chi connectivity index (χ1v) is 8.46. The third-order valence-electron chi connectivity index (χ3n) is 4.50. The van der Waals surface area contributed by atoms with E-state index in [1.54, 1.807) is 11.8 Å². The van der Waals surface area contributed by atoms with Crippen LogP contribution in [0, 0.1) is 13.8 Å². The van der Waals surface area contributed by atoms with Crippen molar-refractivity contribution in [2.24, 2.45) is 0 Å². The molecule has 132 valence electrons. The molecule has 1 aromatic carbocycles. The molecule has 1 N–H and O–H groups in total. The highest BCUT2D eigenvalue weighted by Crippen LogP contribution is 2.20. The zero-order valence-corrected chi connectivity index (χ0v) is 15.0. The first kappa shape index (κ1) is 18.3. The summed E-state index contributed by atoms with van der Waals surface area (Å²) in [6.07, 6.45) is -0.273. The largest absolute Gasteiger partial charge is 0.450 e. The Labute approximate surface area is 143 Å². The summed E-state index contributed by atoms with van der Waals surface area (Å²) in [5, 5.41) is 3.04. The van der Waals surface area contributed by atoms with Crippen molar-refractivity contribution in [3.8, 4) is 0 Å². The molecule has 6 heteroatoms. The molecule has 0 aliphatic carbocycles. The van der Waals surface area contributed by atoms with Gasteiger partial charge in [-0.1, -0.05) is 18.2 Å². The third kappa shape index (κ3) is 4.26. The van der Waals surface area contributed by atoms with E-state index in [9.17, 15) is 9.59 Å². The number of hydrogen-bond acceptors (Lipinski definition) is 4. The lowest BCUT2D eigenvalue weighted by molar-refractivity contribution is -0.121. The van der Waals surface area contributed by atoms with E-state index in [1.807, 2.05) is 39.0 Å². The van der Waals surface area contributed by atoms with Crippen molar-refractivity contribution in [1.82, 2.24) is 9.80 Å². The molecule has 24 heavy (non-hydrogen) atoms. The molecule has 1 aromatic rings. The van der Waals surface area contributed by atoms with Crippen LogP contribution >= 0.6 is 0 Å². The normalized spacial score (nSPS) is 16.6. The zero-order chi connectivity index (χ0) is 17.7. The Morgan fingerprint density at radius 3 is 2.29 bits per heavy atom. The number of nitrogens with one attached hydrogen (secondary N) is 1. The van der Waals surface area contributed by atoms with Gasteiger partial charge in [0.2, 0.25) is 5.91 Å². The van der Waals surface area contributed by atoms with Crippen molar-refractivity contribution in [3.05, 3.63) is 29.3 Å². The Morgan fingerprint density at radius 1 is 1.17 bits per heavy atom. The number of nitrogens with zero attached hydrogens (tertiary/aromatic N) is 2. The molecule has 1 fully saturated rings. The van der Waals surface area contributed by atoms with Crippen molar-refractivity contribution in [1.29, 1.82) is 0 Å². The second-order valence-corrected chi connectivity index (χ2v) is 6.15. The zero-order valence-electron chi connectivity index (χ0n) is 15.0. The molecule has 0 spiro atoms. The SMILES string of the molecule is CCOC(=O)N1CCN([C@@H](C)C(=O)Nc2c(C)cccc2C)CC1. The predicted molar refractivity (Wildman–Crippen MR) is 94.2 cm³/mol. The average molecular weight is 333 g/mol. The Morgan fingerprint density at radius 2 is 1.75 bits per heavy atom. The van der Waals surface area contributed by atoms with Crippen molar-refractivity contribution in [3.63, 3.8) is 0 Å². The van der Waals surface area contributed by atoms with E-state index in [0.29, 0.717) is 32.8 Å². The lowest BCUT2D eigenvalue weighted by Crippen LogP contribution is -2.54. The summed E-state index contributed by atoms with van der Waals surface area (Å²) >= 11 is 0. The molecule has 2 rings (SSSR count). The van der Waals surface area contributed by atoms with Gasteiger partial charge in [0.25, 0.3) is 0 Å². The number of hydrogen-bond donors (Lipinski definition) is 1. The minimum Gasteiger partial charge on any atom is -0.450 e. The van der Waals surface area contributed by atoms with E-state index >= 15 is 0 Å². The maximum absolute atomic E-state index is 12.6. The number of benzene rings is 1. The minimum absolute atomic E-state index is 0.0167. The van der Waals surface area contributed by atoms with Crippen LogP contribution in [0.1, 0.15) is 25.0 Å². The Kier molecular flexibility index (Phi) is 6.20. The van der Waals surface area contributed by atoms with E-state index in [0.717, 1.165) is 16.8 Å². The van der Waals surface area contributed by atoms with Gasteiger partial charge in [-0.05, 0) is 38.8 Å². The topological polar surface area (TPSA) is 61.9 Å². The molecule has 1 atom stereocenters. The van der Waals surface area contributed by atoms with Gasteiger partial charge in [-0.25, -0.2) is 4.79 Å². The molecule has 0 unspecified atom stereocenters. The van der Waals surface area contributed by atoms with Crippen LogP contribution in [0.2, 0.25) is 0 Å². The van der Waals surface area contributed by atoms with Crippen LogP contribution in [0.25, 0.3) is 0 Å². The predicted octanol–water partition coefficient (Wildman–Crippen LogP) is 2.40. The van der Waals surface area contributed by atoms with Gasteiger partial charge in [-0.3, -0.25) is 9.69 Å². The summed E-state index contributed by atoms with van der Waals surface area (Å²) in [5.41, 5.74) is 3.00. The first-order chi connectivity index (χ1) is 11.4. The molecule has 1 saturated heterocycles. The standard InChI is InChI=1S/C18H27N3O3/c1-5-24-18(23)21-11-9-20(10-12-21)15(4)17(22)19-16-13(2)7-6-8-14(16)3/h6-8,15H,5,9-12H2,1-4H3,(H,19,22)/t15-/m0/s1. The van der Waals surface area contributed by atoms with Gasteiger partial charge >= 0.3 is 6.09 Å². The highest BCUT2D eigenvalue weighted by atomic mass is 16.6. The number of piperazine rings is 1. The number of para-hydroxylation sites is 1. The quantitative estimate of drug-likeness (QED) is 0.919. The van der Waals surface area contributed by atoms with E-state index < -0.39 is 0 Å². The smallest absolute Gasteiger partial charge is 0.409 e. The van der Waals surface area contributed by atoms with Gasteiger partial charge in [0, 0.05) is 31.9 Å². The molecule has 1 aliphatic rings. The lowest BCUT2D eigenvalue weighted by atomic mass is 10.1. The number of anilines is 1. The fourth-order valence-electron chi connectivity index (χ4n) is 2.91. The molecule has 1 aliphatic heterocycles. The second-order valence-electron chi connectivity index (χ2n) is 6.15. The lowest BCUT2D eigenvalue weighted by Gasteiger charge is -2.36. The maximum atomic E-state index is 12.6. The van der Waals surface area contributed by atoms with Gasteiger partial charge in [0.1, 0.15) is 0 Å². The first-order valence-electron chi connectivity index (χ1n) is 8.46. The molecule has 0 aromatic heterocycles. The van der Waals surface area contributed by atoms with Gasteiger partial charge in [0.15, 0.2) is 0 Å². The number of ether oxygens (including phenoxy) is 1. The second kappa shape index (κ2) is 8.15. The van der Waals surface area contributed by atoms with Crippen molar-refractivity contribution in [2.45, 2.75) is 33.7 Å². The van der Waals surface area contributed by atoms with E-state index in [1.165, 1.54) is 0 Å². The Bertz CT molecular complexity index is 575. The third-order valence-corrected chi connectivity index (χ3v) is 4.50. The number of aryl methyl sites for hydroxylation is 2. The van der Waals surface area contributed by atoms with Crippen LogP contribution < -0.4 is 5.32 Å². The summed E-state index contributed by atoms with van der Waals surface area (Å²) in [5.74, 6) is -0.0167. The van der Waals surface area contributed by atoms with Gasteiger partial charge in [-0.2, -0.15) is 0 Å². The number of carbonyl (C=O) groups excluding carboxylic acids is 2. The molecule has 0 saturated carbocycles. The minimum atomic E-state index is -0.273.